The third kappa shape index (κ3) is 3.50. The summed E-state index contributed by atoms with van der Waals surface area (Å²) in [6.07, 6.45) is 6.20. The number of benzene rings is 2. The van der Waals surface area contributed by atoms with Crippen LogP contribution in [0, 0.1) is 0 Å². The van der Waals surface area contributed by atoms with Crippen LogP contribution >= 0.6 is 0 Å². The van der Waals surface area contributed by atoms with Crippen molar-refractivity contribution in [2.45, 2.75) is 12.8 Å². The van der Waals surface area contributed by atoms with E-state index in [0.29, 0.717) is 5.92 Å². The van der Waals surface area contributed by atoms with E-state index in [-0.39, 0.29) is 0 Å². The summed E-state index contributed by atoms with van der Waals surface area (Å²) in [7, 11) is 0. The van der Waals surface area contributed by atoms with Gasteiger partial charge in [-0.05, 0) is 28.8 Å². The van der Waals surface area contributed by atoms with Crippen molar-refractivity contribution in [3.8, 4) is 11.1 Å². The molecule has 22 heavy (non-hydrogen) atoms. The van der Waals surface area contributed by atoms with E-state index in [1.165, 1.54) is 16.7 Å². The highest BCUT2D eigenvalue weighted by Gasteiger charge is 2.01. The highest BCUT2D eigenvalue weighted by Crippen LogP contribution is 2.20. The maximum atomic E-state index is 4.39. The van der Waals surface area contributed by atoms with Crippen molar-refractivity contribution in [3.63, 3.8) is 0 Å². The highest BCUT2D eigenvalue weighted by molar-refractivity contribution is 5.65. The molecule has 2 aromatic carbocycles. The first-order valence-corrected chi connectivity index (χ1v) is 7.57. The molecule has 0 aliphatic heterocycles. The highest BCUT2D eigenvalue weighted by atomic mass is 14.7. The number of allylic oxidation sites excluding steroid dienone is 1. The van der Waals surface area contributed by atoms with Crippen LogP contribution < -0.4 is 0 Å². The minimum Gasteiger partial charge on any atom is -0.261 e. The molecule has 0 aliphatic carbocycles. The lowest BCUT2D eigenvalue weighted by molar-refractivity contribution is 0.911. The molecular formula is C21H19N. The van der Waals surface area contributed by atoms with Gasteiger partial charge in [-0.3, -0.25) is 4.98 Å². The van der Waals surface area contributed by atoms with Gasteiger partial charge in [0, 0.05) is 17.8 Å². The molecule has 0 fully saturated rings. The minimum atomic E-state index is 0.315. The van der Waals surface area contributed by atoms with Crippen molar-refractivity contribution in [1.82, 2.24) is 4.98 Å². The van der Waals surface area contributed by atoms with Gasteiger partial charge in [0.2, 0.25) is 0 Å². The van der Waals surface area contributed by atoms with Gasteiger partial charge in [0.25, 0.3) is 0 Å². The summed E-state index contributed by atoms with van der Waals surface area (Å²) in [6.45, 7) is 2.16. The standard InChI is InChI=1S/C21H19N/c1-17(21-9-5-6-16-22-21)10-11-18-12-14-20(15-13-18)19-7-3-2-4-8-19/h2-17H,1H3. The van der Waals surface area contributed by atoms with E-state index in [0.717, 1.165) is 5.69 Å². The zero-order valence-corrected chi connectivity index (χ0v) is 12.7. The molecule has 0 aliphatic rings. The number of rotatable bonds is 4. The van der Waals surface area contributed by atoms with E-state index in [2.05, 4.69) is 78.7 Å². The molecule has 3 aromatic rings. The third-order valence-electron chi connectivity index (χ3n) is 3.75. The molecule has 1 atom stereocenters. The Kier molecular flexibility index (Phi) is 4.45. The molecule has 0 saturated carbocycles. The summed E-state index contributed by atoms with van der Waals surface area (Å²) in [5.41, 5.74) is 4.80. The fourth-order valence-electron chi connectivity index (χ4n) is 2.42. The van der Waals surface area contributed by atoms with Gasteiger partial charge >= 0.3 is 0 Å². The van der Waals surface area contributed by atoms with Crippen LogP contribution in [0.3, 0.4) is 0 Å². The zero-order chi connectivity index (χ0) is 15.2. The monoisotopic (exact) mass is 285 g/mol. The maximum Gasteiger partial charge on any atom is 0.0469 e. The Morgan fingerprint density at radius 1 is 0.773 bits per heavy atom. The summed E-state index contributed by atoms with van der Waals surface area (Å²) < 4.78 is 0. The molecule has 1 heterocycles. The van der Waals surface area contributed by atoms with Crippen molar-refractivity contribution < 1.29 is 0 Å². The summed E-state index contributed by atoms with van der Waals surface area (Å²) >= 11 is 0. The lowest BCUT2D eigenvalue weighted by Crippen LogP contribution is -1.91. The fraction of sp³-hybridized carbons (Fsp3) is 0.0952. The molecule has 0 amide bonds. The Morgan fingerprint density at radius 2 is 1.45 bits per heavy atom. The molecule has 0 radical (unpaired) electrons. The lowest BCUT2D eigenvalue weighted by Gasteiger charge is -2.05. The first-order valence-electron chi connectivity index (χ1n) is 7.57. The van der Waals surface area contributed by atoms with Crippen molar-refractivity contribution in [3.05, 3.63) is 96.3 Å². The van der Waals surface area contributed by atoms with Gasteiger partial charge in [0.1, 0.15) is 0 Å². The Bertz CT molecular complexity index is 728. The van der Waals surface area contributed by atoms with Gasteiger partial charge in [-0.2, -0.15) is 0 Å². The molecule has 1 heteroatoms. The SMILES string of the molecule is CC(C=Cc1ccc(-c2ccccc2)cc1)c1ccccn1. The normalized spacial score (nSPS) is 12.4. The molecule has 1 unspecified atom stereocenters. The Labute approximate surface area is 132 Å². The average Bonchev–Trinajstić information content (AvgIpc) is 2.61. The summed E-state index contributed by atoms with van der Waals surface area (Å²) in [6, 6.07) is 25.1. The van der Waals surface area contributed by atoms with Gasteiger partial charge in [0.05, 0.1) is 0 Å². The second kappa shape index (κ2) is 6.86. The minimum absolute atomic E-state index is 0.315. The molecule has 0 N–H and O–H groups in total. The third-order valence-corrected chi connectivity index (χ3v) is 3.75. The molecule has 3 rings (SSSR count). The van der Waals surface area contributed by atoms with Gasteiger partial charge in [-0.1, -0.05) is 79.7 Å². The largest absolute Gasteiger partial charge is 0.261 e. The molecule has 0 bridgehead atoms. The van der Waals surface area contributed by atoms with E-state index in [9.17, 15) is 0 Å². The molecule has 1 aromatic heterocycles. The van der Waals surface area contributed by atoms with E-state index >= 15 is 0 Å². The summed E-state index contributed by atoms with van der Waals surface area (Å²) in [5, 5.41) is 0. The predicted molar refractivity (Wildman–Crippen MR) is 93.6 cm³/mol. The first-order chi connectivity index (χ1) is 10.8. The van der Waals surface area contributed by atoms with Crippen LogP contribution in [0.1, 0.15) is 24.1 Å². The van der Waals surface area contributed by atoms with Crippen LogP contribution in [0.15, 0.2) is 85.1 Å². The number of hydrogen-bond acceptors (Lipinski definition) is 1. The molecular weight excluding hydrogens is 266 g/mol. The summed E-state index contributed by atoms with van der Waals surface area (Å²) in [5.74, 6) is 0.315. The lowest BCUT2D eigenvalue weighted by atomic mass is 10.0. The van der Waals surface area contributed by atoms with Gasteiger partial charge in [-0.15, -0.1) is 0 Å². The van der Waals surface area contributed by atoms with Crippen LogP contribution in [-0.4, -0.2) is 4.98 Å². The van der Waals surface area contributed by atoms with Crippen LogP contribution in [0.5, 0.6) is 0 Å². The second-order valence-electron chi connectivity index (χ2n) is 5.39. The quantitative estimate of drug-likeness (QED) is 0.611. The van der Waals surface area contributed by atoms with Gasteiger partial charge in [-0.25, -0.2) is 0 Å². The van der Waals surface area contributed by atoms with E-state index in [4.69, 9.17) is 0 Å². The predicted octanol–water partition coefficient (Wildman–Crippen LogP) is 5.57. The van der Waals surface area contributed by atoms with Crippen molar-refractivity contribution >= 4 is 6.08 Å². The van der Waals surface area contributed by atoms with Crippen LogP contribution in [0.25, 0.3) is 17.2 Å². The Morgan fingerprint density at radius 3 is 2.14 bits per heavy atom. The fourth-order valence-corrected chi connectivity index (χ4v) is 2.42. The number of aromatic nitrogens is 1. The number of pyridine rings is 1. The van der Waals surface area contributed by atoms with Crippen molar-refractivity contribution in [1.29, 1.82) is 0 Å². The van der Waals surface area contributed by atoms with Crippen molar-refractivity contribution in [2.24, 2.45) is 0 Å². The van der Waals surface area contributed by atoms with E-state index < -0.39 is 0 Å². The van der Waals surface area contributed by atoms with Crippen LogP contribution in [0.2, 0.25) is 0 Å². The zero-order valence-electron chi connectivity index (χ0n) is 12.7. The molecule has 0 saturated heterocycles. The van der Waals surface area contributed by atoms with Crippen LogP contribution in [0.4, 0.5) is 0 Å². The molecule has 1 nitrogen and oxygen atoms in total. The smallest absolute Gasteiger partial charge is 0.0469 e. The second-order valence-corrected chi connectivity index (χ2v) is 5.39. The number of nitrogens with zero attached hydrogens (tertiary/aromatic N) is 1. The topological polar surface area (TPSA) is 12.9 Å². The van der Waals surface area contributed by atoms with E-state index in [1.54, 1.807) is 0 Å². The van der Waals surface area contributed by atoms with Gasteiger partial charge < -0.3 is 0 Å². The van der Waals surface area contributed by atoms with Crippen LogP contribution in [-0.2, 0) is 0 Å². The Balaban J connectivity index is 1.72. The number of hydrogen-bond donors (Lipinski definition) is 0. The van der Waals surface area contributed by atoms with Gasteiger partial charge in [0.15, 0.2) is 0 Å². The van der Waals surface area contributed by atoms with Crippen molar-refractivity contribution in [2.75, 3.05) is 0 Å². The van der Waals surface area contributed by atoms with E-state index in [1.807, 2.05) is 24.4 Å². The first kappa shape index (κ1) is 14.3. The summed E-state index contributed by atoms with van der Waals surface area (Å²) in [4.78, 5) is 4.39. The molecule has 0 spiro atoms. The average molecular weight is 285 g/mol. The molecule has 108 valence electrons. The Hall–Kier alpha value is -2.67. The maximum absolute atomic E-state index is 4.39.